The van der Waals surface area contributed by atoms with Gasteiger partial charge in [0.05, 0.1) is 10.6 Å². The maximum absolute atomic E-state index is 5.96. The van der Waals surface area contributed by atoms with Gasteiger partial charge in [0.15, 0.2) is 0 Å². The second kappa shape index (κ2) is 5.01. The minimum atomic E-state index is 0.755. The number of nitrogens with zero attached hydrogens (tertiary/aromatic N) is 2. The van der Waals surface area contributed by atoms with Crippen LogP contribution in [0.5, 0.6) is 0 Å². The summed E-state index contributed by atoms with van der Waals surface area (Å²) in [5.74, 6) is 0. The van der Waals surface area contributed by atoms with Crippen molar-refractivity contribution >= 4 is 33.0 Å². The average Bonchev–Trinajstić information content (AvgIpc) is 2.82. The Morgan fingerprint density at radius 2 is 2.38 bits per heavy atom. The molecule has 3 nitrogen and oxygen atoms in total. The molecule has 5 heteroatoms. The first-order valence-electron chi connectivity index (χ1n) is 5.28. The SMILES string of the molecule is CCCCn1cc(N)c(-c2cc(Br)cs2)n1. The fourth-order valence-corrected chi connectivity index (χ4v) is 2.93. The summed E-state index contributed by atoms with van der Waals surface area (Å²) in [5.41, 5.74) is 7.61. The average molecular weight is 300 g/mol. The van der Waals surface area contributed by atoms with Crippen molar-refractivity contribution < 1.29 is 0 Å². The zero-order valence-electron chi connectivity index (χ0n) is 9.11. The molecule has 0 spiro atoms. The number of hydrogen-bond donors (Lipinski definition) is 1. The first-order valence-corrected chi connectivity index (χ1v) is 6.95. The largest absolute Gasteiger partial charge is 0.396 e. The molecule has 0 saturated carbocycles. The highest BCUT2D eigenvalue weighted by molar-refractivity contribution is 9.10. The van der Waals surface area contributed by atoms with Gasteiger partial charge in [-0.15, -0.1) is 11.3 Å². The summed E-state index contributed by atoms with van der Waals surface area (Å²) in [7, 11) is 0. The van der Waals surface area contributed by atoms with Crippen LogP contribution in [-0.2, 0) is 6.54 Å². The van der Waals surface area contributed by atoms with Gasteiger partial charge in [-0.05, 0) is 28.4 Å². The Kier molecular flexibility index (Phi) is 3.66. The van der Waals surface area contributed by atoms with Crippen LogP contribution in [-0.4, -0.2) is 9.78 Å². The van der Waals surface area contributed by atoms with Crippen molar-refractivity contribution in [3.8, 4) is 10.6 Å². The molecule has 0 bridgehead atoms. The second-order valence-electron chi connectivity index (χ2n) is 3.68. The van der Waals surface area contributed by atoms with E-state index in [0.29, 0.717) is 0 Å². The first-order chi connectivity index (χ1) is 7.70. The highest BCUT2D eigenvalue weighted by Gasteiger charge is 2.10. The topological polar surface area (TPSA) is 43.8 Å². The number of rotatable bonds is 4. The summed E-state index contributed by atoms with van der Waals surface area (Å²) in [5, 5.41) is 6.55. The van der Waals surface area contributed by atoms with Crippen molar-refractivity contribution in [1.82, 2.24) is 9.78 Å². The lowest BCUT2D eigenvalue weighted by Crippen LogP contribution is -1.97. The maximum atomic E-state index is 5.96. The number of anilines is 1. The molecule has 2 N–H and O–H groups in total. The Morgan fingerprint density at radius 1 is 1.56 bits per heavy atom. The van der Waals surface area contributed by atoms with Gasteiger partial charge in [0.25, 0.3) is 0 Å². The van der Waals surface area contributed by atoms with Crippen molar-refractivity contribution in [2.45, 2.75) is 26.3 Å². The van der Waals surface area contributed by atoms with Crippen molar-refractivity contribution in [3.63, 3.8) is 0 Å². The van der Waals surface area contributed by atoms with Gasteiger partial charge in [0.1, 0.15) is 5.69 Å². The molecular formula is C11H14BrN3S. The Hall–Kier alpha value is -0.810. The summed E-state index contributed by atoms with van der Waals surface area (Å²) in [6.07, 6.45) is 4.22. The van der Waals surface area contributed by atoms with Crippen LogP contribution >= 0.6 is 27.3 Å². The van der Waals surface area contributed by atoms with Gasteiger partial charge in [-0.25, -0.2) is 0 Å². The molecule has 0 radical (unpaired) electrons. The molecule has 86 valence electrons. The predicted octanol–water partition coefficient (Wildman–Crippen LogP) is 3.76. The van der Waals surface area contributed by atoms with Crippen LogP contribution in [0.3, 0.4) is 0 Å². The normalized spacial score (nSPS) is 10.9. The molecule has 0 aliphatic heterocycles. The Labute approximate surface area is 107 Å². The van der Waals surface area contributed by atoms with E-state index in [1.165, 1.54) is 6.42 Å². The van der Waals surface area contributed by atoms with Gasteiger partial charge in [-0.1, -0.05) is 13.3 Å². The van der Waals surface area contributed by atoms with Gasteiger partial charge in [-0.3, -0.25) is 4.68 Å². The standard InChI is InChI=1S/C11H14BrN3S/c1-2-3-4-15-6-9(13)11(14-15)10-5-8(12)7-16-10/h5-7H,2-4,13H2,1H3. The van der Waals surface area contributed by atoms with Crippen LogP contribution in [0.25, 0.3) is 10.6 Å². The van der Waals surface area contributed by atoms with E-state index in [1.807, 2.05) is 22.3 Å². The quantitative estimate of drug-likeness (QED) is 0.934. The third-order valence-corrected chi connectivity index (χ3v) is 4.03. The third kappa shape index (κ3) is 2.47. The Bertz CT molecular complexity index is 475. The highest BCUT2D eigenvalue weighted by Crippen LogP contribution is 2.32. The number of nitrogen functional groups attached to an aromatic ring is 1. The van der Waals surface area contributed by atoms with Gasteiger partial charge >= 0.3 is 0 Å². The molecule has 0 unspecified atom stereocenters. The van der Waals surface area contributed by atoms with E-state index in [4.69, 9.17) is 5.73 Å². The predicted molar refractivity (Wildman–Crippen MR) is 72.6 cm³/mol. The van der Waals surface area contributed by atoms with Gasteiger partial charge in [0, 0.05) is 22.6 Å². The number of nitrogens with two attached hydrogens (primary N) is 1. The molecule has 2 heterocycles. The van der Waals surface area contributed by atoms with Crippen LogP contribution in [0.4, 0.5) is 5.69 Å². The fourth-order valence-electron chi connectivity index (χ4n) is 1.50. The lowest BCUT2D eigenvalue weighted by Gasteiger charge is -1.97. The van der Waals surface area contributed by atoms with Crippen LogP contribution in [0, 0.1) is 0 Å². The van der Waals surface area contributed by atoms with E-state index in [0.717, 1.165) is 33.7 Å². The number of aryl methyl sites for hydroxylation is 1. The van der Waals surface area contributed by atoms with Crippen molar-refractivity contribution in [3.05, 3.63) is 22.1 Å². The molecule has 0 saturated heterocycles. The highest BCUT2D eigenvalue weighted by atomic mass is 79.9. The maximum Gasteiger partial charge on any atom is 0.125 e. The Morgan fingerprint density at radius 3 is 3.00 bits per heavy atom. The van der Waals surface area contributed by atoms with Gasteiger partial charge in [0.2, 0.25) is 0 Å². The van der Waals surface area contributed by atoms with E-state index in [9.17, 15) is 0 Å². The molecule has 0 aromatic carbocycles. The molecule has 16 heavy (non-hydrogen) atoms. The molecule has 0 aliphatic carbocycles. The van der Waals surface area contributed by atoms with Crippen molar-refractivity contribution in [1.29, 1.82) is 0 Å². The van der Waals surface area contributed by atoms with E-state index >= 15 is 0 Å². The van der Waals surface area contributed by atoms with Crippen molar-refractivity contribution in [2.75, 3.05) is 5.73 Å². The monoisotopic (exact) mass is 299 g/mol. The molecular weight excluding hydrogens is 286 g/mol. The lowest BCUT2D eigenvalue weighted by molar-refractivity contribution is 0.573. The van der Waals surface area contributed by atoms with Crippen LogP contribution in [0.15, 0.2) is 22.1 Å². The molecule has 0 amide bonds. The molecule has 2 aromatic rings. The minimum absolute atomic E-state index is 0.755. The van der Waals surface area contributed by atoms with E-state index in [2.05, 4.69) is 28.0 Å². The van der Waals surface area contributed by atoms with Crippen LogP contribution in [0.1, 0.15) is 19.8 Å². The summed E-state index contributed by atoms with van der Waals surface area (Å²) < 4.78 is 3.01. The first kappa shape index (κ1) is 11.7. The van der Waals surface area contributed by atoms with Gasteiger partial charge < -0.3 is 5.73 Å². The number of thiophene rings is 1. The second-order valence-corrected chi connectivity index (χ2v) is 5.51. The smallest absolute Gasteiger partial charge is 0.125 e. The fraction of sp³-hybridized carbons (Fsp3) is 0.364. The number of hydrogen-bond acceptors (Lipinski definition) is 3. The summed E-state index contributed by atoms with van der Waals surface area (Å²) in [6, 6.07) is 2.05. The molecule has 2 rings (SSSR count). The van der Waals surface area contributed by atoms with Crippen molar-refractivity contribution in [2.24, 2.45) is 0 Å². The number of halogens is 1. The van der Waals surface area contributed by atoms with Crippen LogP contribution in [0.2, 0.25) is 0 Å². The van der Waals surface area contributed by atoms with E-state index in [-0.39, 0.29) is 0 Å². The summed E-state index contributed by atoms with van der Waals surface area (Å²) in [6.45, 7) is 3.11. The molecule has 2 aromatic heterocycles. The third-order valence-electron chi connectivity index (χ3n) is 2.33. The summed E-state index contributed by atoms with van der Waals surface area (Å²) >= 11 is 5.09. The number of unbranched alkanes of at least 4 members (excludes halogenated alkanes) is 1. The number of aromatic nitrogens is 2. The molecule has 0 atom stereocenters. The van der Waals surface area contributed by atoms with Crippen LogP contribution < -0.4 is 5.73 Å². The summed E-state index contributed by atoms with van der Waals surface area (Å²) in [4.78, 5) is 1.11. The van der Waals surface area contributed by atoms with E-state index in [1.54, 1.807) is 11.3 Å². The molecule has 0 aliphatic rings. The zero-order valence-corrected chi connectivity index (χ0v) is 11.5. The minimum Gasteiger partial charge on any atom is -0.396 e. The Balaban J connectivity index is 2.24. The van der Waals surface area contributed by atoms with Gasteiger partial charge in [-0.2, -0.15) is 5.10 Å². The molecule has 0 fully saturated rings. The van der Waals surface area contributed by atoms with E-state index < -0.39 is 0 Å². The zero-order chi connectivity index (χ0) is 11.5. The lowest BCUT2D eigenvalue weighted by atomic mass is 10.3.